The van der Waals surface area contributed by atoms with Crippen LogP contribution in [0.5, 0.6) is 0 Å². The first-order valence-electron chi connectivity index (χ1n) is 5.29. The third kappa shape index (κ3) is 1.77. The standard InChI is InChI=1S/C10H18N2O2/c1-10(3-4-11-9(10)14)7-12-5-2-8(13)6-12/h8,13H,2-7H2,1H3,(H,11,14). The molecule has 2 saturated heterocycles. The summed E-state index contributed by atoms with van der Waals surface area (Å²) in [5.41, 5.74) is -0.232. The summed E-state index contributed by atoms with van der Waals surface area (Å²) >= 11 is 0. The molecule has 0 aromatic carbocycles. The maximum atomic E-state index is 11.6. The molecule has 2 atom stereocenters. The molecular formula is C10H18N2O2. The van der Waals surface area contributed by atoms with Crippen LogP contribution < -0.4 is 5.32 Å². The lowest BCUT2D eigenvalue weighted by molar-refractivity contribution is -0.127. The quantitative estimate of drug-likeness (QED) is 0.633. The Bertz CT molecular complexity index is 244. The van der Waals surface area contributed by atoms with Crippen molar-refractivity contribution in [1.29, 1.82) is 0 Å². The zero-order valence-corrected chi connectivity index (χ0v) is 8.62. The van der Waals surface area contributed by atoms with E-state index < -0.39 is 0 Å². The lowest BCUT2D eigenvalue weighted by atomic mass is 9.88. The van der Waals surface area contributed by atoms with Gasteiger partial charge in [0.1, 0.15) is 0 Å². The molecule has 14 heavy (non-hydrogen) atoms. The number of β-amino-alcohol motifs (C(OH)–C–C–N with tert-alkyl or cyclic N) is 1. The van der Waals surface area contributed by atoms with Gasteiger partial charge in [-0.05, 0) is 19.8 Å². The second-order valence-electron chi connectivity index (χ2n) is 4.74. The van der Waals surface area contributed by atoms with Gasteiger partial charge in [-0.2, -0.15) is 0 Å². The van der Waals surface area contributed by atoms with Gasteiger partial charge in [0.25, 0.3) is 0 Å². The maximum absolute atomic E-state index is 11.6. The van der Waals surface area contributed by atoms with E-state index in [1.165, 1.54) is 0 Å². The van der Waals surface area contributed by atoms with Gasteiger partial charge in [-0.25, -0.2) is 0 Å². The molecule has 4 heteroatoms. The average Bonchev–Trinajstić information content (AvgIpc) is 2.62. The Morgan fingerprint density at radius 3 is 3.00 bits per heavy atom. The smallest absolute Gasteiger partial charge is 0.227 e. The van der Waals surface area contributed by atoms with E-state index in [2.05, 4.69) is 10.2 Å². The third-order valence-corrected chi connectivity index (χ3v) is 3.33. The van der Waals surface area contributed by atoms with Crippen LogP contribution in [0.3, 0.4) is 0 Å². The number of aliphatic hydroxyl groups excluding tert-OH is 1. The number of nitrogens with zero attached hydrogens (tertiary/aromatic N) is 1. The largest absolute Gasteiger partial charge is 0.392 e. The molecule has 80 valence electrons. The van der Waals surface area contributed by atoms with Crippen molar-refractivity contribution in [2.45, 2.75) is 25.9 Å². The van der Waals surface area contributed by atoms with Gasteiger partial charge in [0.2, 0.25) is 5.91 Å². The molecule has 0 saturated carbocycles. The van der Waals surface area contributed by atoms with Crippen molar-refractivity contribution in [3.05, 3.63) is 0 Å². The monoisotopic (exact) mass is 198 g/mol. The van der Waals surface area contributed by atoms with Crippen LogP contribution in [0.2, 0.25) is 0 Å². The van der Waals surface area contributed by atoms with Crippen molar-refractivity contribution in [1.82, 2.24) is 10.2 Å². The highest BCUT2D eigenvalue weighted by Gasteiger charge is 2.40. The number of nitrogens with one attached hydrogen (secondary N) is 1. The molecule has 0 aromatic rings. The minimum atomic E-state index is -0.232. The second-order valence-corrected chi connectivity index (χ2v) is 4.74. The molecule has 0 aliphatic carbocycles. The highest BCUT2D eigenvalue weighted by Crippen LogP contribution is 2.28. The molecule has 0 spiro atoms. The fourth-order valence-corrected chi connectivity index (χ4v) is 2.38. The second kappa shape index (κ2) is 3.51. The van der Waals surface area contributed by atoms with Crippen LogP contribution >= 0.6 is 0 Å². The fourth-order valence-electron chi connectivity index (χ4n) is 2.38. The molecule has 2 heterocycles. The van der Waals surface area contributed by atoms with Gasteiger partial charge < -0.3 is 10.4 Å². The van der Waals surface area contributed by atoms with Gasteiger partial charge in [0, 0.05) is 26.2 Å². The van der Waals surface area contributed by atoms with E-state index in [1.54, 1.807) is 0 Å². The molecule has 0 aromatic heterocycles. The Morgan fingerprint density at radius 1 is 1.71 bits per heavy atom. The van der Waals surface area contributed by atoms with Crippen LogP contribution in [0.15, 0.2) is 0 Å². The Kier molecular flexibility index (Phi) is 2.49. The number of rotatable bonds is 2. The normalized spacial score (nSPS) is 39.0. The summed E-state index contributed by atoms with van der Waals surface area (Å²) in [6.07, 6.45) is 1.57. The van der Waals surface area contributed by atoms with Crippen molar-refractivity contribution in [3.63, 3.8) is 0 Å². The van der Waals surface area contributed by atoms with E-state index >= 15 is 0 Å². The number of carbonyl (C=O) groups excluding carboxylic acids is 1. The number of aliphatic hydroxyl groups is 1. The first kappa shape index (κ1) is 9.93. The van der Waals surface area contributed by atoms with Crippen LogP contribution in [0, 0.1) is 5.41 Å². The summed E-state index contributed by atoms with van der Waals surface area (Å²) in [6.45, 7) is 5.24. The summed E-state index contributed by atoms with van der Waals surface area (Å²) < 4.78 is 0. The minimum Gasteiger partial charge on any atom is -0.392 e. The zero-order chi connectivity index (χ0) is 10.2. The predicted octanol–water partition coefficient (Wildman–Crippen LogP) is -0.421. The third-order valence-electron chi connectivity index (χ3n) is 3.33. The maximum Gasteiger partial charge on any atom is 0.227 e. The minimum absolute atomic E-state index is 0.166. The molecular weight excluding hydrogens is 180 g/mol. The lowest BCUT2D eigenvalue weighted by Gasteiger charge is -2.26. The molecule has 2 unspecified atom stereocenters. The van der Waals surface area contributed by atoms with Crippen LogP contribution in [0.4, 0.5) is 0 Å². The first-order chi connectivity index (χ1) is 6.60. The fraction of sp³-hybridized carbons (Fsp3) is 0.900. The molecule has 2 fully saturated rings. The Hall–Kier alpha value is -0.610. The molecule has 2 rings (SSSR count). The molecule has 1 amide bonds. The molecule has 0 radical (unpaired) electrons. The van der Waals surface area contributed by atoms with Gasteiger partial charge in [0.05, 0.1) is 11.5 Å². The van der Waals surface area contributed by atoms with Gasteiger partial charge in [-0.3, -0.25) is 9.69 Å². The van der Waals surface area contributed by atoms with Crippen LogP contribution in [-0.4, -0.2) is 48.2 Å². The van der Waals surface area contributed by atoms with Gasteiger partial charge in [-0.15, -0.1) is 0 Å². The van der Waals surface area contributed by atoms with Crippen molar-refractivity contribution in [2.24, 2.45) is 5.41 Å². The first-order valence-corrected chi connectivity index (χ1v) is 5.29. The number of hydrogen-bond donors (Lipinski definition) is 2. The number of likely N-dealkylation sites (tertiary alicyclic amines) is 1. The zero-order valence-electron chi connectivity index (χ0n) is 8.62. The average molecular weight is 198 g/mol. The number of carbonyl (C=O) groups is 1. The summed E-state index contributed by atoms with van der Waals surface area (Å²) in [7, 11) is 0. The van der Waals surface area contributed by atoms with Gasteiger partial charge in [-0.1, -0.05) is 0 Å². The van der Waals surface area contributed by atoms with Crippen LogP contribution in [0.1, 0.15) is 19.8 Å². The molecule has 2 aliphatic heterocycles. The van der Waals surface area contributed by atoms with E-state index in [-0.39, 0.29) is 17.4 Å². The summed E-state index contributed by atoms with van der Waals surface area (Å²) in [5, 5.41) is 12.2. The molecule has 4 nitrogen and oxygen atoms in total. The molecule has 2 N–H and O–H groups in total. The van der Waals surface area contributed by atoms with E-state index in [0.29, 0.717) is 0 Å². The van der Waals surface area contributed by atoms with Crippen molar-refractivity contribution in [2.75, 3.05) is 26.2 Å². The van der Waals surface area contributed by atoms with Crippen molar-refractivity contribution in [3.8, 4) is 0 Å². The Labute approximate surface area is 84.3 Å². The van der Waals surface area contributed by atoms with Crippen LogP contribution in [0.25, 0.3) is 0 Å². The van der Waals surface area contributed by atoms with E-state index in [1.807, 2.05) is 6.92 Å². The predicted molar refractivity (Wildman–Crippen MR) is 52.8 cm³/mol. The Balaban J connectivity index is 1.93. The highest BCUT2D eigenvalue weighted by molar-refractivity contribution is 5.84. The molecule has 0 bridgehead atoms. The summed E-state index contributed by atoms with van der Waals surface area (Å²) in [4.78, 5) is 13.8. The molecule has 2 aliphatic rings. The van der Waals surface area contributed by atoms with Crippen LogP contribution in [-0.2, 0) is 4.79 Å². The number of amides is 1. The van der Waals surface area contributed by atoms with Gasteiger partial charge in [0.15, 0.2) is 0 Å². The van der Waals surface area contributed by atoms with Crippen molar-refractivity contribution < 1.29 is 9.90 Å². The van der Waals surface area contributed by atoms with Crippen molar-refractivity contribution >= 4 is 5.91 Å². The van der Waals surface area contributed by atoms with E-state index in [0.717, 1.165) is 39.0 Å². The summed E-state index contributed by atoms with van der Waals surface area (Å²) in [6, 6.07) is 0. The lowest BCUT2D eigenvalue weighted by Crippen LogP contribution is -2.40. The van der Waals surface area contributed by atoms with E-state index in [9.17, 15) is 9.90 Å². The topological polar surface area (TPSA) is 52.6 Å². The SMILES string of the molecule is CC1(CN2CCC(O)C2)CCNC1=O. The highest BCUT2D eigenvalue weighted by atomic mass is 16.3. The summed E-state index contributed by atoms with van der Waals surface area (Å²) in [5.74, 6) is 0.166. The Morgan fingerprint density at radius 2 is 2.50 bits per heavy atom. The van der Waals surface area contributed by atoms with E-state index in [4.69, 9.17) is 0 Å². The number of hydrogen-bond acceptors (Lipinski definition) is 3. The van der Waals surface area contributed by atoms with Gasteiger partial charge >= 0.3 is 0 Å².